The zero-order valence-electron chi connectivity index (χ0n) is 10.2. The highest BCUT2D eigenvalue weighted by Crippen LogP contribution is 2.33. The second-order valence-electron chi connectivity index (χ2n) is 4.73. The predicted octanol–water partition coefficient (Wildman–Crippen LogP) is 2.96. The van der Waals surface area contributed by atoms with Gasteiger partial charge in [0, 0.05) is 4.88 Å². The van der Waals surface area contributed by atoms with Crippen LogP contribution in [0.15, 0.2) is 0 Å². The van der Waals surface area contributed by atoms with Gasteiger partial charge in [-0.25, -0.2) is 9.78 Å². The molecule has 2 N–H and O–H groups in total. The first-order valence-corrected chi connectivity index (χ1v) is 6.81. The van der Waals surface area contributed by atoms with E-state index in [2.05, 4.69) is 10.3 Å². The summed E-state index contributed by atoms with van der Waals surface area (Å²) in [4.78, 5) is 17.0. The highest BCUT2D eigenvalue weighted by Gasteiger charge is 2.40. The minimum Gasteiger partial charge on any atom is -0.480 e. The van der Waals surface area contributed by atoms with Gasteiger partial charge in [-0.2, -0.15) is 0 Å². The Hall–Kier alpha value is -1.10. The molecule has 1 heterocycles. The van der Waals surface area contributed by atoms with Crippen molar-refractivity contribution >= 4 is 22.4 Å². The summed E-state index contributed by atoms with van der Waals surface area (Å²) in [5, 5.41) is 13.3. The van der Waals surface area contributed by atoms with Crippen molar-refractivity contribution in [2.45, 2.75) is 51.5 Å². The average molecular weight is 254 g/mol. The van der Waals surface area contributed by atoms with Crippen LogP contribution in [0, 0.1) is 13.8 Å². The van der Waals surface area contributed by atoms with E-state index < -0.39 is 11.5 Å². The molecule has 1 fully saturated rings. The van der Waals surface area contributed by atoms with Crippen LogP contribution >= 0.6 is 11.3 Å². The molecule has 94 valence electrons. The summed E-state index contributed by atoms with van der Waals surface area (Å²) >= 11 is 1.54. The maximum Gasteiger partial charge on any atom is 0.329 e. The number of aromatic nitrogens is 1. The molecule has 1 aromatic rings. The lowest BCUT2D eigenvalue weighted by Gasteiger charge is -2.33. The summed E-state index contributed by atoms with van der Waals surface area (Å²) in [6, 6.07) is 0. The van der Waals surface area contributed by atoms with Gasteiger partial charge in [0.15, 0.2) is 5.13 Å². The van der Waals surface area contributed by atoms with Crippen LogP contribution in [-0.4, -0.2) is 21.6 Å². The lowest BCUT2D eigenvalue weighted by molar-refractivity contribution is -0.143. The van der Waals surface area contributed by atoms with E-state index in [1.807, 2.05) is 13.8 Å². The van der Waals surface area contributed by atoms with Gasteiger partial charge >= 0.3 is 5.97 Å². The molecular weight excluding hydrogens is 236 g/mol. The van der Waals surface area contributed by atoms with Gasteiger partial charge in [-0.1, -0.05) is 19.3 Å². The molecule has 2 rings (SSSR count). The van der Waals surface area contributed by atoms with Gasteiger partial charge in [-0.15, -0.1) is 11.3 Å². The SMILES string of the molecule is Cc1nc(NC2(C(=O)O)CCCCC2)sc1C. The van der Waals surface area contributed by atoms with Crippen molar-refractivity contribution in [3.05, 3.63) is 10.6 Å². The highest BCUT2D eigenvalue weighted by atomic mass is 32.1. The van der Waals surface area contributed by atoms with Gasteiger partial charge in [-0.05, 0) is 26.7 Å². The third-order valence-electron chi connectivity index (χ3n) is 3.49. The van der Waals surface area contributed by atoms with Crippen molar-refractivity contribution in [1.82, 2.24) is 4.98 Å². The summed E-state index contributed by atoms with van der Waals surface area (Å²) in [6.07, 6.45) is 4.47. The summed E-state index contributed by atoms with van der Waals surface area (Å²) in [5.74, 6) is -0.747. The van der Waals surface area contributed by atoms with Gasteiger partial charge < -0.3 is 10.4 Å². The molecule has 0 saturated heterocycles. The molecule has 0 aromatic carbocycles. The van der Waals surface area contributed by atoms with Crippen molar-refractivity contribution in [1.29, 1.82) is 0 Å². The number of carboxylic acid groups (broad SMARTS) is 1. The minimum absolute atomic E-state index is 0.694. The zero-order valence-corrected chi connectivity index (χ0v) is 11.1. The number of hydrogen-bond acceptors (Lipinski definition) is 4. The minimum atomic E-state index is -0.797. The van der Waals surface area contributed by atoms with Gasteiger partial charge in [0.25, 0.3) is 0 Å². The van der Waals surface area contributed by atoms with Gasteiger partial charge in [-0.3, -0.25) is 0 Å². The smallest absolute Gasteiger partial charge is 0.329 e. The number of rotatable bonds is 3. The maximum atomic E-state index is 11.5. The third kappa shape index (κ3) is 2.44. The first-order valence-electron chi connectivity index (χ1n) is 5.99. The number of aryl methyl sites for hydroxylation is 2. The molecular formula is C12H18N2O2S. The standard InChI is InChI=1S/C12H18N2O2S/c1-8-9(2)17-11(13-8)14-12(10(15)16)6-4-3-5-7-12/h3-7H2,1-2H3,(H,13,14)(H,15,16). The summed E-state index contributed by atoms with van der Waals surface area (Å²) in [7, 11) is 0. The van der Waals surface area contributed by atoms with Crippen molar-refractivity contribution in [2.24, 2.45) is 0 Å². The molecule has 0 spiro atoms. The number of hydrogen-bond donors (Lipinski definition) is 2. The number of nitrogens with one attached hydrogen (secondary N) is 1. The molecule has 0 amide bonds. The number of anilines is 1. The lowest BCUT2D eigenvalue weighted by Crippen LogP contribution is -2.47. The van der Waals surface area contributed by atoms with Crippen molar-refractivity contribution in [2.75, 3.05) is 5.32 Å². The first-order chi connectivity index (χ1) is 8.03. The van der Waals surface area contributed by atoms with Crippen LogP contribution in [0.1, 0.15) is 42.7 Å². The first kappa shape index (κ1) is 12.4. The quantitative estimate of drug-likeness (QED) is 0.870. The van der Waals surface area contributed by atoms with Crippen molar-refractivity contribution in [3.8, 4) is 0 Å². The van der Waals surface area contributed by atoms with Gasteiger partial charge in [0.05, 0.1) is 5.69 Å². The molecule has 1 saturated carbocycles. The Labute approximate surface area is 105 Å². The Morgan fingerprint density at radius 2 is 2.00 bits per heavy atom. The Balaban J connectivity index is 2.20. The highest BCUT2D eigenvalue weighted by molar-refractivity contribution is 7.15. The van der Waals surface area contributed by atoms with E-state index in [0.717, 1.165) is 35.0 Å². The molecule has 5 heteroatoms. The number of thiazole rings is 1. The number of aliphatic carboxylic acids is 1. The topological polar surface area (TPSA) is 62.2 Å². The van der Waals surface area contributed by atoms with Gasteiger partial charge in [0.2, 0.25) is 0 Å². The second kappa shape index (κ2) is 4.64. The molecule has 4 nitrogen and oxygen atoms in total. The van der Waals surface area contributed by atoms with E-state index in [1.54, 1.807) is 0 Å². The predicted molar refractivity (Wildman–Crippen MR) is 68.7 cm³/mol. The van der Waals surface area contributed by atoms with E-state index in [1.165, 1.54) is 11.3 Å². The fraction of sp³-hybridized carbons (Fsp3) is 0.667. The van der Waals surface area contributed by atoms with Crippen LogP contribution in [-0.2, 0) is 4.79 Å². The van der Waals surface area contributed by atoms with Crippen LogP contribution in [0.5, 0.6) is 0 Å². The fourth-order valence-electron chi connectivity index (χ4n) is 2.28. The van der Waals surface area contributed by atoms with Crippen LogP contribution in [0.25, 0.3) is 0 Å². The zero-order chi connectivity index (χ0) is 12.5. The molecule has 0 bridgehead atoms. The van der Waals surface area contributed by atoms with Crippen molar-refractivity contribution in [3.63, 3.8) is 0 Å². The summed E-state index contributed by atoms with van der Waals surface area (Å²) in [5.41, 5.74) is 0.184. The fourth-order valence-corrected chi connectivity index (χ4v) is 3.19. The van der Waals surface area contributed by atoms with E-state index in [4.69, 9.17) is 0 Å². The monoisotopic (exact) mass is 254 g/mol. The van der Waals surface area contributed by atoms with Crippen molar-refractivity contribution < 1.29 is 9.90 Å². The molecule has 1 aliphatic carbocycles. The maximum absolute atomic E-state index is 11.5. The Morgan fingerprint density at radius 3 is 2.47 bits per heavy atom. The number of carbonyl (C=O) groups is 1. The molecule has 0 aliphatic heterocycles. The largest absolute Gasteiger partial charge is 0.480 e. The number of carboxylic acids is 1. The normalized spacial score (nSPS) is 18.9. The van der Waals surface area contributed by atoms with Gasteiger partial charge in [0.1, 0.15) is 5.54 Å². The van der Waals surface area contributed by atoms with Crippen LogP contribution < -0.4 is 5.32 Å². The van der Waals surface area contributed by atoms with E-state index in [9.17, 15) is 9.90 Å². The molecule has 1 aliphatic rings. The van der Waals surface area contributed by atoms with Crippen LogP contribution in [0.4, 0.5) is 5.13 Å². The Kier molecular flexibility index (Phi) is 3.38. The summed E-state index contributed by atoms with van der Waals surface area (Å²) < 4.78 is 0. The second-order valence-corrected chi connectivity index (χ2v) is 5.94. The summed E-state index contributed by atoms with van der Waals surface area (Å²) in [6.45, 7) is 3.96. The average Bonchev–Trinajstić information content (AvgIpc) is 2.59. The van der Waals surface area contributed by atoms with E-state index in [0.29, 0.717) is 12.8 Å². The molecule has 1 aromatic heterocycles. The molecule has 0 radical (unpaired) electrons. The van der Waals surface area contributed by atoms with E-state index >= 15 is 0 Å². The van der Waals surface area contributed by atoms with Crippen LogP contribution in [0.2, 0.25) is 0 Å². The molecule has 17 heavy (non-hydrogen) atoms. The third-order valence-corrected chi connectivity index (χ3v) is 4.48. The Morgan fingerprint density at radius 1 is 1.35 bits per heavy atom. The Bertz CT molecular complexity index is 403. The lowest BCUT2D eigenvalue weighted by atomic mass is 9.82. The van der Waals surface area contributed by atoms with E-state index in [-0.39, 0.29) is 0 Å². The number of nitrogens with zero attached hydrogens (tertiary/aromatic N) is 1. The molecule has 0 unspecified atom stereocenters. The van der Waals surface area contributed by atoms with Crippen LogP contribution in [0.3, 0.4) is 0 Å². The molecule has 0 atom stereocenters.